The standard InChI is InChI=1S/C21H24N2O5S2/c1-3-18-21(25)23-17-13-16(9-10-19(17)29-18)30(26,27)12-11-20(24)22-14-5-7-15(8-6-14)28-4-2/h5-10,13,18H,3-4,11-12H2,1-2H3,(H,22,24)(H,23,25)/t18-/m0/s1. The summed E-state index contributed by atoms with van der Waals surface area (Å²) >= 11 is 1.43. The average Bonchev–Trinajstić information content (AvgIpc) is 2.73. The second-order valence-corrected chi connectivity index (χ2v) is 10.1. The van der Waals surface area contributed by atoms with Gasteiger partial charge in [-0.2, -0.15) is 0 Å². The fraction of sp³-hybridized carbons (Fsp3) is 0.333. The van der Waals surface area contributed by atoms with Gasteiger partial charge in [0.15, 0.2) is 9.84 Å². The molecule has 0 fully saturated rings. The quantitative estimate of drug-likeness (QED) is 0.638. The first-order valence-corrected chi connectivity index (χ1v) is 12.2. The summed E-state index contributed by atoms with van der Waals surface area (Å²) in [6.45, 7) is 4.36. The smallest absolute Gasteiger partial charge is 0.237 e. The van der Waals surface area contributed by atoms with Crippen LogP contribution in [0, 0.1) is 0 Å². The number of anilines is 2. The van der Waals surface area contributed by atoms with Crippen LogP contribution in [-0.4, -0.2) is 37.8 Å². The predicted molar refractivity (Wildman–Crippen MR) is 118 cm³/mol. The Morgan fingerprint density at radius 2 is 1.90 bits per heavy atom. The van der Waals surface area contributed by atoms with Crippen molar-refractivity contribution in [3.05, 3.63) is 42.5 Å². The van der Waals surface area contributed by atoms with Gasteiger partial charge in [-0.25, -0.2) is 8.42 Å². The Balaban J connectivity index is 1.62. The van der Waals surface area contributed by atoms with E-state index < -0.39 is 15.7 Å². The van der Waals surface area contributed by atoms with E-state index in [1.54, 1.807) is 30.3 Å². The molecule has 9 heteroatoms. The van der Waals surface area contributed by atoms with Crippen molar-refractivity contribution in [1.29, 1.82) is 0 Å². The minimum Gasteiger partial charge on any atom is -0.494 e. The molecule has 1 aliphatic rings. The monoisotopic (exact) mass is 448 g/mol. The molecule has 2 amide bonds. The Hall–Kier alpha value is -2.52. The molecule has 2 N–H and O–H groups in total. The number of carbonyl (C=O) groups excluding carboxylic acids is 2. The number of hydrogen-bond acceptors (Lipinski definition) is 6. The Morgan fingerprint density at radius 1 is 1.17 bits per heavy atom. The van der Waals surface area contributed by atoms with Gasteiger partial charge in [0.05, 0.1) is 28.2 Å². The summed E-state index contributed by atoms with van der Waals surface area (Å²) in [4.78, 5) is 25.2. The molecule has 1 heterocycles. The SMILES string of the molecule is CCOc1ccc(NC(=O)CCS(=O)(=O)c2ccc3c(c2)NC(=O)[C@H](CC)S3)cc1. The van der Waals surface area contributed by atoms with Crippen molar-refractivity contribution in [2.75, 3.05) is 23.0 Å². The molecule has 3 rings (SSSR count). The van der Waals surface area contributed by atoms with Crippen LogP contribution in [0.4, 0.5) is 11.4 Å². The normalized spacial score (nSPS) is 15.8. The maximum absolute atomic E-state index is 12.7. The number of hydrogen-bond donors (Lipinski definition) is 2. The first kappa shape index (κ1) is 22.2. The van der Waals surface area contributed by atoms with Crippen LogP contribution in [0.15, 0.2) is 52.3 Å². The molecule has 1 atom stereocenters. The molecule has 2 aromatic carbocycles. The summed E-state index contributed by atoms with van der Waals surface area (Å²) in [7, 11) is -3.67. The molecule has 160 valence electrons. The lowest BCUT2D eigenvalue weighted by molar-refractivity contribution is -0.116. The minimum absolute atomic E-state index is 0.0889. The number of carbonyl (C=O) groups is 2. The number of ether oxygens (including phenoxy) is 1. The number of rotatable bonds is 8. The van der Waals surface area contributed by atoms with E-state index in [0.29, 0.717) is 30.2 Å². The van der Waals surface area contributed by atoms with Gasteiger partial charge in [0, 0.05) is 17.0 Å². The zero-order chi connectivity index (χ0) is 21.7. The van der Waals surface area contributed by atoms with E-state index in [4.69, 9.17) is 4.74 Å². The number of sulfone groups is 1. The van der Waals surface area contributed by atoms with E-state index in [0.717, 1.165) is 4.90 Å². The number of thioether (sulfide) groups is 1. The van der Waals surface area contributed by atoms with E-state index in [1.165, 1.54) is 23.9 Å². The first-order valence-electron chi connectivity index (χ1n) is 9.69. The van der Waals surface area contributed by atoms with Crippen molar-refractivity contribution in [3.8, 4) is 5.75 Å². The molecule has 0 radical (unpaired) electrons. The predicted octanol–water partition coefficient (Wildman–Crippen LogP) is 3.71. The second-order valence-electron chi connectivity index (χ2n) is 6.74. The van der Waals surface area contributed by atoms with Crippen LogP contribution in [0.1, 0.15) is 26.7 Å². The fourth-order valence-electron chi connectivity index (χ4n) is 2.96. The number of fused-ring (bicyclic) bond motifs is 1. The zero-order valence-electron chi connectivity index (χ0n) is 16.8. The highest BCUT2D eigenvalue weighted by Crippen LogP contribution is 2.38. The Bertz CT molecular complexity index is 1040. The van der Waals surface area contributed by atoms with Crippen LogP contribution in [0.25, 0.3) is 0 Å². The molecular weight excluding hydrogens is 424 g/mol. The summed E-state index contributed by atoms with van der Waals surface area (Å²) in [6.07, 6.45) is 0.519. The Morgan fingerprint density at radius 3 is 2.57 bits per heavy atom. The van der Waals surface area contributed by atoms with E-state index in [2.05, 4.69) is 10.6 Å². The van der Waals surface area contributed by atoms with Gasteiger partial charge >= 0.3 is 0 Å². The van der Waals surface area contributed by atoms with Crippen LogP contribution in [0.5, 0.6) is 5.75 Å². The van der Waals surface area contributed by atoms with Gasteiger partial charge in [-0.3, -0.25) is 9.59 Å². The van der Waals surface area contributed by atoms with Crippen molar-refractivity contribution in [1.82, 2.24) is 0 Å². The van der Waals surface area contributed by atoms with Gasteiger partial charge in [-0.05, 0) is 55.8 Å². The first-order chi connectivity index (χ1) is 14.3. The van der Waals surface area contributed by atoms with Crippen LogP contribution in [0.3, 0.4) is 0 Å². The Kier molecular flexibility index (Phi) is 7.04. The van der Waals surface area contributed by atoms with Crippen LogP contribution in [0.2, 0.25) is 0 Å². The maximum atomic E-state index is 12.7. The van der Waals surface area contributed by atoms with Crippen molar-refractivity contribution in [3.63, 3.8) is 0 Å². The molecule has 2 aromatic rings. The number of amides is 2. The van der Waals surface area contributed by atoms with Gasteiger partial charge in [0.1, 0.15) is 5.75 Å². The van der Waals surface area contributed by atoms with Gasteiger partial charge in [0.2, 0.25) is 11.8 Å². The third kappa shape index (κ3) is 5.34. The van der Waals surface area contributed by atoms with E-state index in [1.807, 2.05) is 13.8 Å². The topological polar surface area (TPSA) is 102 Å². The largest absolute Gasteiger partial charge is 0.494 e. The summed E-state index contributed by atoms with van der Waals surface area (Å²) in [5.41, 5.74) is 1.06. The van der Waals surface area contributed by atoms with E-state index in [9.17, 15) is 18.0 Å². The number of nitrogens with one attached hydrogen (secondary N) is 2. The van der Waals surface area contributed by atoms with Gasteiger partial charge in [-0.1, -0.05) is 6.92 Å². The lowest BCUT2D eigenvalue weighted by Crippen LogP contribution is -2.28. The van der Waals surface area contributed by atoms with Crippen LogP contribution < -0.4 is 15.4 Å². The van der Waals surface area contributed by atoms with E-state index in [-0.39, 0.29) is 28.2 Å². The highest BCUT2D eigenvalue weighted by Gasteiger charge is 2.27. The molecule has 0 spiro atoms. The zero-order valence-corrected chi connectivity index (χ0v) is 18.4. The molecule has 0 aromatic heterocycles. The highest BCUT2D eigenvalue weighted by molar-refractivity contribution is 8.01. The van der Waals surface area contributed by atoms with Gasteiger partial charge < -0.3 is 15.4 Å². The third-order valence-electron chi connectivity index (χ3n) is 4.55. The van der Waals surface area contributed by atoms with Crippen molar-refractivity contribution in [2.24, 2.45) is 0 Å². The summed E-state index contributed by atoms with van der Waals surface area (Å²) in [5.74, 6) is -0.150. The lowest BCUT2D eigenvalue weighted by atomic mass is 10.2. The molecule has 0 saturated carbocycles. The lowest BCUT2D eigenvalue weighted by Gasteiger charge is -2.23. The highest BCUT2D eigenvalue weighted by atomic mass is 32.2. The van der Waals surface area contributed by atoms with Crippen molar-refractivity contribution in [2.45, 2.75) is 41.7 Å². The van der Waals surface area contributed by atoms with Crippen LogP contribution >= 0.6 is 11.8 Å². The second kappa shape index (κ2) is 9.53. The molecule has 0 aliphatic carbocycles. The van der Waals surface area contributed by atoms with Crippen LogP contribution in [-0.2, 0) is 19.4 Å². The maximum Gasteiger partial charge on any atom is 0.237 e. The summed E-state index contributed by atoms with van der Waals surface area (Å²) in [6, 6.07) is 11.6. The molecule has 0 saturated heterocycles. The molecule has 0 bridgehead atoms. The fourth-order valence-corrected chi connectivity index (χ4v) is 5.25. The van der Waals surface area contributed by atoms with E-state index >= 15 is 0 Å². The molecule has 1 aliphatic heterocycles. The summed E-state index contributed by atoms with van der Waals surface area (Å²) < 4.78 is 30.7. The third-order valence-corrected chi connectivity index (χ3v) is 7.70. The molecule has 30 heavy (non-hydrogen) atoms. The van der Waals surface area contributed by atoms with Gasteiger partial charge in [0.25, 0.3) is 0 Å². The van der Waals surface area contributed by atoms with Gasteiger partial charge in [-0.15, -0.1) is 11.8 Å². The molecular formula is C21H24N2O5S2. The minimum atomic E-state index is -3.67. The van der Waals surface area contributed by atoms with Crippen molar-refractivity contribution < 1.29 is 22.7 Å². The molecule has 0 unspecified atom stereocenters. The van der Waals surface area contributed by atoms with Crippen molar-refractivity contribution >= 4 is 44.8 Å². The molecule has 7 nitrogen and oxygen atoms in total. The Labute approximate surface area is 180 Å². The number of benzene rings is 2. The average molecular weight is 449 g/mol. The summed E-state index contributed by atoms with van der Waals surface area (Å²) in [5, 5.41) is 5.28.